The average Bonchev–Trinajstić information content (AvgIpc) is 3.00. The standard InChI is InChI=1S/C14H15N3O5S/c1-16(9-4-6-23(21,22)8-9)11(18)7-17-13(19)10-3-2-5-15-12(10)14(17)20/h2-3,5,9H,4,6-8H2,1H3. The van der Waals surface area contributed by atoms with E-state index < -0.39 is 40.1 Å². The van der Waals surface area contributed by atoms with Gasteiger partial charge in [-0.05, 0) is 18.6 Å². The zero-order valence-corrected chi connectivity index (χ0v) is 13.2. The van der Waals surface area contributed by atoms with Gasteiger partial charge in [-0.15, -0.1) is 0 Å². The van der Waals surface area contributed by atoms with Crippen molar-refractivity contribution in [2.45, 2.75) is 12.5 Å². The van der Waals surface area contributed by atoms with Crippen LogP contribution in [-0.2, 0) is 14.6 Å². The average molecular weight is 337 g/mol. The number of hydrogen-bond acceptors (Lipinski definition) is 6. The number of nitrogens with zero attached hydrogens (tertiary/aromatic N) is 3. The van der Waals surface area contributed by atoms with Crippen LogP contribution in [0.3, 0.4) is 0 Å². The van der Waals surface area contributed by atoms with E-state index in [1.54, 1.807) is 6.07 Å². The Morgan fingerprint density at radius 3 is 2.74 bits per heavy atom. The summed E-state index contributed by atoms with van der Waals surface area (Å²) in [7, 11) is -1.63. The van der Waals surface area contributed by atoms with E-state index in [1.165, 1.54) is 24.2 Å². The zero-order chi connectivity index (χ0) is 16.8. The van der Waals surface area contributed by atoms with E-state index in [-0.39, 0.29) is 22.8 Å². The number of amides is 3. The van der Waals surface area contributed by atoms with E-state index in [1.807, 2.05) is 0 Å². The molecule has 3 amide bonds. The first-order valence-corrected chi connectivity index (χ1v) is 8.89. The number of carbonyl (C=O) groups is 3. The summed E-state index contributed by atoms with van der Waals surface area (Å²) in [5.74, 6) is -1.67. The highest BCUT2D eigenvalue weighted by molar-refractivity contribution is 7.91. The Balaban J connectivity index is 1.72. The number of carbonyl (C=O) groups excluding carboxylic acids is 3. The second-order valence-corrected chi connectivity index (χ2v) is 7.89. The lowest BCUT2D eigenvalue weighted by Gasteiger charge is -2.25. The number of hydrogen-bond donors (Lipinski definition) is 0. The summed E-state index contributed by atoms with van der Waals surface area (Å²) < 4.78 is 23.0. The molecule has 1 saturated heterocycles. The fourth-order valence-electron chi connectivity index (χ4n) is 2.79. The molecule has 0 radical (unpaired) electrons. The monoisotopic (exact) mass is 337 g/mol. The number of pyridine rings is 1. The highest BCUT2D eigenvalue weighted by atomic mass is 32.2. The lowest BCUT2D eigenvalue weighted by atomic mass is 10.2. The maximum atomic E-state index is 12.3. The first kappa shape index (κ1) is 15.6. The lowest BCUT2D eigenvalue weighted by molar-refractivity contribution is -0.131. The van der Waals surface area contributed by atoms with Crippen LogP contribution in [0.2, 0.25) is 0 Å². The van der Waals surface area contributed by atoms with Gasteiger partial charge < -0.3 is 4.90 Å². The molecule has 1 aromatic heterocycles. The molecule has 1 aromatic rings. The smallest absolute Gasteiger partial charge is 0.280 e. The maximum Gasteiger partial charge on any atom is 0.280 e. The zero-order valence-electron chi connectivity index (χ0n) is 12.4. The third kappa shape index (κ3) is 2.72. The number of aromatic nitrogens is 1. The van der Waals surface area contributed by atoms with Gasteiger partial charge in [0.1, 0.15) is 12.2 Å². The molecule has 2 aliphatic rings. The van der Waals surface area contributed by atoms with Gasteiger partial charge in [0.05, 0.1) is 17.1 Å². The van der Waals surface area contributed by atoms with Crippen molar-refractivity contribution >= 4 is 27.6 Å². The van der Waals surface area contributed by atoms with Crippen molar-refractivity contribution in [1.29, 1.82) is 0 Å². The Hall–Kier alpha value is -2.29. The fraction of sp³-hybridized carbons (Fsp3) is 0.429. The van der Waals surface area contributed by atoms with Crippen LogP contribution in [0, 0.1) is 0 Å². The Bertz CT molecular complexity index is 769. The van der Waals surface area contributed by atoms with Gasteiger partial charge in [0.25, 0.3) is 11.8 Å². The topological polar surface area (TPSA) is 105 Å². The minimum atomic E-state index is -3.12. The van der Waals surface area contributed by atoms with Crippen LogP contribution in [0.1, 0.15) is 27.3 Å². The van der Waals surface area contributed by atoms with Crippen LogP contribution in [-0.4, -0.2) is 72.1 Å². The van der Waals surface area contributed by atoms with Crippen molar-refractivity contribution in [2.24, 2.45) is 0 Å². The highest BCUT2D eigenvalue weighted by Crippen LogP contribution is 2.21. The van der Waals surface area contributed by atoms with Gasteiger partial charge in [0.15, 0.2) is 9.84 Å². The van der Waals surface area contributed by atoms with Gasteiger partial charge in [-0.1, -0.05) is 0 Å². The molecule has 122 valence electrons. The SMILES string of the molecule is CN(C(=O)CN1C(=O)c2cccnc2C1=O)C1CCS(=O)(=O)C1. The molecular weight excluding hydrogens is 322 g/mol. The summed E-state index contributed by atoms with van der Waals surface area (Å²) >= 11 is 0. The van der Waals surface area contributed by atoms with Gasteiger partial charge in [-0.2, -0.15) is 0 Å². The summed E-state index contributed by atoms with van der Waals surface area (Å²) in [5.41, 5.74) is 0.216. The van der Waals surface area contributed by atoms with Crippen molar-refractivity contribution in [2.75, 3.05) is 25.1 Å². The van der Waals surface area contributed by atoms with E-state index in [2.05, 4.69) is 4.98 Å². The van der Waals surface area contributed by atoms with Crippen LogP contribution >= 0.6 is 0 Å². The Morgan fingerprint density at radius 1 is 1.39 bits per heavy atom. The predicted octanol–water partition coefficient (Wildman–Crippen LogP) is -0.677. The van der Waals surface area contributed by atoms with E-state index >= 15 is 0 Å². The summed E-state index contributed by atoms with van der Waals surface area (Å²) in [6.45, 7) is -0.416. The van der Waals surface area contributed by atoms with Crippen molar-refractivity contribution in [3.05, 3.63) is 29.6 Å². The molecule has 0 bridgehead atoms. The quantitative estimate of drug-likeness (QED) is 0.677. The van der Waals surface area contributed by atoms with Crippen LogP contribution in [0.15, 0.2) is 18.3 Å². The number of imide groups is 1. The molecule has 0 spiro atoms. The van der Waals surface area contributed by atoms with E-state index in [0.717, 1.165) is 4.90 Å². The van der Waals surface area contributed by atoms with Gasteiger partial charge in [-0.3, -0.25) is 24.3 Å². The molecule has 23 heavy (non-hydrogen) atoms. The highest BCUT2D eigenvalue weighted by Gasteiger charge is 2.39. The predicted molar refractivity (Wildman–Crippen MR) is 79.4 cm³/mol. The normalized spacial score (nSPS) is 22.3. The molecule has 3 rings (SSSR count). The van der Waals surface area contributed by atoms with Gasteiger partial charge >= 0.3 is 0 Å². The number of likely N-dealkylation sites (N-methyl/N-ethyl adjacent to an activating group) is 1. The van der Waals surface area contributed by atoms with Crippen molar-refractivity contribution in [3.8, 4) is 0 Å². The molecule has 1 fully saturated rings. The van der Waals surface area contributed by atoms with E-state index in [4.69, 9.17) is 0 Å². The summed E-state index contributed by atoms with van der Waals surface area (Å²) in [5, 5.41) is 0. The van der Waals surface area contributed by atoms with Crippen LogP contribution < -0.4 is 0 Å². The third-order valence-corrected chi connectivity index (χ3v) is 5.92. The minimum Gasteiger partial charge on any atom is -0.340 e. The summed E-state index contributed by atoms with van der Waals surface area (Å²) in [6, 6.07) is 2.62. The number of fused-ring (bicyclic) bond motifs is 1. The van der Waals surface area contributed by atoms with Crippen LogP contribution in [0.5, 0.6) is 0 Å². The molecule has 1 unspecified atom stereocenters. The molecule has 0 aromatic carbocycles. The van der Waals surface area contributed by atoms with E-state index in [9.17, 15) is 22.8 Å². The van der Waals surface area contributed by atoms with Crippen molar-refractivity contribution in [1.82, 2.24) is 14.8 Å². The molecule has 0 N–H and O–H groups in total. The maximum absolute atomic E-state index is 12.3. The molecule has 2 aliphatic heterocycles. The van der Waals surface area contributed by atoms with Crippen LogP contribution in [0.4, 0.5) is 0 Å². The van der Waals surface area contributed by atoms with Gasteiger partial charge in [0, 0.05) is 19.3 Å². The molecular formula is C14H15N3O5S. The molecule has 0 aliphatic carbocycles. The van der Waals surface area contributed by atoms with Crippen molar-refractivity contribution < 1.29 is 22.8 Å². The number of sulfone groups is 1. The Morgan fingerprint density at radius 2 is 2.13 bits per heavy atom. The molecule has 1 atom stereocenters. The first-order valence-electron chi connectivity index (χ1n) is 7.07. The summed E-state index contributed by atoms with van der Waals surface area (Å²) in [4.78, 5) is 42.7. The molecule has 3 heterocycles. The first-order chi connectivity index (χ1) is 10.8. The van der Waals surface area contributed by atoms with Crippen LogP contribution in [0.25, 0.3) is 0 Å². The number of rotatable bonds is 3. The summed E-state index contributed by atoms with van der Waals surface area (Å²) in [6.07, 6.45) is 1.78. The van der Waals surface area contributed by atoms with Gasteiger partial charge in [0.2, 0.25) is 5.91 Å². The molecule has 8 nitrogen and oxygen atoms in total. The lowest BCUT2D eigenvalue weighted by Crippen LogP contribution is -2.45. The minimum absolute atomic E-state index is 0.0383. The van der Waals surface area contributed by atoms with E-state index in [0.29, 0.717) is 6.42 Å². The Labute approximate surface area is 133 Å². The molecule has 0 saturated carbocycles. The third-order valence-electron chi connectivity index (χ3n) is 4.17. The second-order valence-electron chi connectivity index (χ2n) is 5.66. The molecule has 9 heteroatoms. The fourth-order valence-corrected chi connectivity index (χ4v) is 4.56. The van der Waals surface area contributed by atoms with Gasteiger partial charge in [-0.25, -0.2) is 8.42 Å². The largest absolute Gasteiger partial charge is 0.340 e. The Kier molecular flexibility index (Phi) is 3.67. The second kappa shape index (κ2) is 5.41. The van der Waals surface area contributed by atoms with Crippen molar-refractivity contribution in [3.63, 3.8) is 0 Å².